The zero-order chi connectivity index (χ0) is 15.9. The number of carbonyl (C=O) groups excluding carboxylic acids is 1. The number of benzene rings is 2. The Hall–Kier alpha value is -2.58. The minimum atomic E-state index is -0.637. The molecule has 5 heteroatoms. The lowest BCUT2D eigenvalue weighted by Gasteiger charge is -2.05. The molecule has 2 aromatic rings. The first kappa shape index (κ1) is 15.8. The molecule has 22 heavy (non-hydrogen) atoms. The van der Waals surface area contributed by atoms with Gasteiger partial charge in [0.25, 0.3) is 5.91 Å². The number of rotatable bonds is 4. The molecule has 0 radical (unpaired) electrons. The monoisotopic (exact) mass is 312 g/mol. The Morgan fingerprint density at radius 1 is 1.23 bits per heavy atom. The van der Waals surface area contributed by atoms with Gasteiger partial charge in [0.05, 0.1) is 5.69 Å². The van der Waals surface area contributed by atoms with Crippen molar-refractivity contribution in [3.8, 4) is 6.07 Å². The number of amides is 1. The summed E-state index contributed by atoms with van der Waals surface area (Å²) in [5.41, 5.74) is 0.699. The van der Waals surface area contributed by atoms with Gasteiger partial charge in [-0.15, -0.1) is 11.8 Å². The lowest BCUT2D eigenvalue weighted by Crippen LogP contribution is -2.14. The molecule has 0 atom stereocenters. The maximum absolute atomic E-state index is 13.5. The van der Waals surface area contributed by atoms with Gasteiger partial charge in [-0.1, -0.05) is 24.3 Å². The summed E-state index contributed by atoms with van der Waals surface area (Å²) >= 11 is 1.61. The summed E-state index contributed by atoms with van der Waals surface area (Å²) in [6.45, 7) is 0. The Bertz CT molecular complexity index is 748. The van der Waals surface area contributed by atoms with Crippen molar-refractivity contribution in [2.75, 3.05) is 11.6 Å². The van der Waals surface area contributed by atoms with Crippen molar-refractivity contribution >= 4 is 29.4 Å². The summed E-state index contributed by atoms with van der Waals surface area (Å²) in [6, 6.07) is 15.1. The molecule has 2 rings (SSSR count). The lowest BCUT2D eigenvalue weighted by atomic mass is 10.1. The van der Waals surface area contributed by atoms with Crippen LogP contribution in [0.1, 0.15) is 5.56 Å². The maximum Gasteiger partial charge on any atom is 0.266 e. The molecule has 110 valence electrons. The van der Waals surface area contributed by atoms with E-state index in [1.165, 1.54) is 24.3 Å². The van der Waals surface area contributed by atoms with E-state index in [0.29, 0.717) is 0 Å². The first-order chi connectivity index (χ1) is 10.6. The Kier molecular flexibility index (Phi) is 5.34. The van der Waals surface area contributed by atoms with Gasteiger partial charge < -0.3 is 5.32 Å². The van der Waals surface area contributed by atoms with Gasteiger partial charge in [0, 0.05) is 4.90 Å². The van der Waals surface area contributed by atoms with Crippen molar-refractivity contribution in [2.24, 2.45) is 0 Å². The van der Waals surface area contributed by atoms with Gasteiger partial charge in [-0.25, -0.2) is 4.39 Å². The average molecular weight is 312 g/mol. The van der Waals surface area contributed by atoms with Gasteiger partial charge in [-0.2, -0.15) is 5.26 Å². The molecule has 0 aliphatic heterocycles. The number of hydrogen-bond acceptors (Lipinski definition) is 3. The van der Waals surface area contributed by atoms with Crippen molar-refractivity contribution in [1.29, 1.82) is 5.26 Å². The number of nitriles is 1. The van der Waals surface area contributed by atoms with Crippen molar-refractivity contribution in [3.63, 3.8) is 0 Å². The zero-order valence-corrected chi connectivity index (χ0v) is 12.7. The van der Waals surface area contributed by atoms with E-state index in [0.717, 1.165) is 10.5 Å². The van der Waals surface area contributed by atoms with Crippen LogP contribution in [-0.2, 0) is 4.79 Å². The van der Waals surface area contributed by atoms with Crippen LogP contribution in [0.25, 0.3) is 6.08 Å². The van der Waals surface area contributed by atoms with E-state index in [-0.39, 0.29) is 11.3 Å². The standard InChI is InChI=1S/C17H13FN2OS/c1-22-14-8-6-12(7-9-14)10-13(11-19)17(21)20-16-5-3-2-4-15(16)18/h2-10H,1H3,(H,20,21)/b13-10-. The molecule has 0 unspecified atom stereocenters. The zero-order valence-electron chi connectivity index (χ0n) is 11.8. The maximum atomic E-state index is 13.5. The van der Waals surface area contributed by atoms with Crippen LogP contribution in [0.2, 0.25) is 0 Å². The molecule has 0 saturated heterocycles. The highest BCUT2D eigenvalue weighted by molar-refractivity contribution is 7.98. The second-order valence-electron chi connectivity index (χ2n) is 4.38. The highest BCUT2D eigenvalue weighted by Crippen LogP contribution is 2.18. The summed E-state index contributed by atoms with van der Waals surface area (Å²) in [7, 11) is 0. The van der Waals surface area contributed by atoms with Gasteiger partial charge in [0.1, 0.15) is 17.5 Å². The van der Waals surface area contributed by atoms with Gasteiger partial charge >= 0.3 is 0 Å². The minimum absolute atomic E-state index is 0.0476. The van der Waals surface area contributed by atoms with E-state index >= 15 is 0 Å². The Balaban J connectivity index is 2.20. The fourth-order valence-corrected chi connectivity index (χ4v) is 2.18. The number of para-hydroxylation sites is 1. The molecule has 3 nitrogen and oxygen atoms in total. The third-order valence-corrected chi connectivity index (χ3v) is 3.66. The molecule has 0 fully saturated rings. The normalized spacial score (nSPS) is 10.9. The van der Waals surface area contributed by atoms with Gasteiger partial charge in [0.15, 0.2) is 0 Å². The molecule has 2 aromatic carbocycles. The van der Waals surface area contributed by atoms with Crippen LogP contribution < -0.4 is 5.32 Å². The number of thioether (sulfide) groups is 1. The smallest absolute Gasteiger partial charge is 0.266 e. The molecule has 1 amide bonds. The van der Waals surface area contributed by atoms with E-state index in [1.807, 2.05) is 36.6 Å². The minimum Gasteiger partial charge on any atom is -0.319 e. The average Bonchev–Trinajstić information content (AvgIpc) is 2.55. The summed E-state index contributed by atoms with van der Waals surface area (Å²) in [6.07, 6.45) is 3.44. The van der Waals surface area contributed by atoms with Crippen LogP contribution in [0, 0.1) is 17.1 Å². The van der Waals surface area contributed by atoms with E-state index in [2.05, 4.69) is 5.32 Å². The molecule has 0 saturated carbocycles. The summed E-state index contributed by atoms with van der Waals surface area (Å²) in [5.74, 6) is -1.18. The molecule has 0 heterocycles. The second-order valence-corrected chi connectivity index (χ2v) is 5.26. The van der Waals surface area contributed by atoms with Crippen molar-refractivity contribution < 1.29 is 9.18 Å². The van der Waals surface area contributed by atoms with Crippen LogP contribution in [0.3, 0.4) is 0 Å². The Morgan fingerprint density at radius 3 is 2.50 bits per heavy atom. The van der Waals surface area contributed by atoms with Crippen molar-refractivity contribution in [3.05, 3.63) is 65.5 Å². The summed E-state index contributed by atoms with van der Waals surface area (Å²) in [4.78, 5) is 13.1. The Morgan fingerprint density at radius 2 is 1.91 bits per heavy atom. The lowest BCUT2D eigenvalue weighted by molar-refractivity contribution is -0.112. The molecule has 0 bridgehead atoms. The van der Waals surface area contributed by atoms with E-state index in [1.54, 1.807) is 17.8 Å². The number of nitrogens with one attached hydrogen (secondary N) is 1. The largest absolute Gasteiger partial charge is 0.319 e. The van der Waals surface area contributed by atoms with Gasteiger partial charge in [-0.05, 0) is 42.2 Å². The fraction of sp³-hybridized carbons (Fsp3) is 0.0588. The molecule has 0 aliphatic rings. The third kappa shape index (κ3) is 3.96. The van der Waals surface area contributed by atoms with Crippen LogP contribution >= 0.6 is 11.8 Å². The number of nitrogens with zero attached hydrogens (tertiary/aromatic N) is 1. The van der Waals surface area contributed by atoms with Gasteiger partial charge in [0.2, 0.25) is 0 Å². The summed E-state index contributed by atoms with van der Waals surface area (Å²) < 4.78 is 13.5. The van der Waals surface area contributed by atoms with Crippen LogP contribution in [0.5, 0.6) is 0 Å². The molecule has 0 aromatic heterocycles. The molecular formula is C17H13FN2OS. The number of hydrogen-bond donors (Lipinski definition) is 1. The number of anilines is 1. The first-order valence-corrected chi connectivity index (χ1v) is 7.68. The van der Waals surface area contributed by atoms with E-state index in [9.17, 15) is 9.18 Å². The number of halogens is 1. The van der Waals surface area contributed by atoms with Crippen LogP contribution in [-0.4, -0.2) is 12.2 Å². The first-order valence-electron chi connectivity index (χ1n) is 6.46. The Labute approximate surface area is 132 Å². The van der Waals surface area contributed by atoms with Gasteiger partial charge in [-0.3, -0.25) is 4.79 Å². The predicted molar refractivity (Wildman–Crippen MR) is 86.8 cm³/mol. The van der Waals surface area contributed by atoms with Crippen molar-refractivity contribution in [2.45, 2.75) is 4.90 Å². The summed E-state index contributed by atoms with van der Waals surface area (Å²) in [5, 5.41) is 11.5. The highest BCUT2D eigenvalue weighted by atomic mass is 32.2. The molecule has 0 aliphatic carbocycles. The third-order valence-electron chi connectivity index (χ3n) is 2.91. The van der Waals surface area contributed by atoms with Crippen LogP contribution in [0.4, 0.5) is 10.1 Å². The number of carbonyl (C=O) groups is 1. The topological polar surface area (TPSA) is 52.9 Å². The van der Waals surface area contributed by atoms with Crippen LogP contribution in [0.15, 0.2) is 59.0 Å². The van der Waals surface area contributed by atoms with Crippen molar-refractivity contribution in [1.82, 2.24) is 0 Å². The highest BCUT2D eigenvalue weighted by Gasteiger charge is 2.11. The predicted octanol–water partition coefficient (Wildman–Crippen LogP) is 4.09. The second kappa shape index (κ2) is 7.43. The quantitative estimate of drug-likeness (QED) is 0.525. The van der Waals surface area contributed by atoms with E-state index in [4.69, 9.17) is 5.26 Å². The van der Waals surface area contributed by atoms with E-state index < -0.39 is 11.7 Å². The molecule has 0 spiro atoms. The fourth-order valence-electron chi connectivity index (χ4n) is 1.77. The molecule has 1 N–H and O–H groups in total. The molecular weight excluding hydrogens is 299 g/mol. The SMILES string of the molecule is CSc1ccc(/C=C(/C#N)C(=O)Nc2ccccc2F)cc1.